The highest BCUT2D eigenvalue weighted by molar-refractivity contribution is 6.18. The fourth-order valence-electron chi connectivity index (χ4n) is 1.69. The van der Waals surface area contributed by atoms with Gasteiger partial charge < -0.3 is 9.64 Å². The number of hydrogen-bond donors (Lipinski definition) is 0. The molecule has 0 amide bonds. The average Bonchev–Trinajstić information content (AvgIpc) is 2.29. The van der Waals surface area contributed by atoms with E-state index < -0.39 is 0 Å². The summed E-state index contributed by atoms with van der Waals surface area (Å²) in [6.07, 6.45) is 1.05. The van der Waals surface area contributed by atoms with E-state index in [9.17, 15) is 0 Å². The Morgan fingerprint density at radius 2 is 2.12 bits per heavy atom. The van der Waals surface area contributed by atoms with E-state index in [1.165, 1.54) is 11.1 Å². The van der Waals surface area contributed by atoms with Gasteiger partial charge in [0.1, 0.15) is 5.75 Å². The Morgan fingerprint density at radius 3 is 2.69 bits per heavy atom. The largest absolute Gasteiger partial charge is 0.496 e. The lowest BCUT2D eigenvalue weighted by Crippen LogP contribution is -2.20. The van der Waals surface area contributed by atoms with Crippen molar-refractivity contribution in [3.05, 3.63) is 29.3 Å². The summed E-state index contributed by atoms with van der Waals surface area (Å²) in [5.74, 6) is 1.62. The minimum atomic E-state index is 0.659. The molecule has 16 heavy (non-hydrogen) atoms. The van der Waals surface area contributed by atoms with Crippen LogP contribution in [-0.4, -0.2) is 31.5 Å². The lowest BCUT2D eigenvalue weighted by atomic mass is 10.1. The van der Waals surface area contributed by atoms with Crippen LogP contribution in [0.5, 0.6) is 5.75 Å². The molecule has 2 nitrogen and oxygen atoms in total. The Kier molecular flexibility index (Phi) is 5.64. The van der Waals surface area contributed by atoms with Crippen molar-refractivity contribution in [3.8, 4) is 5.75 Å². The minimum Gasteiger partial charge on any atom is -0.496 e. The van der Waals surface area contributed by atoms with Gasteiger partial charge in [-0.3, -0.25) is 0 Å². The number of ether oxygens (including phenoxy) is 1. The third-order valence-electron chi connectivity index (χ3n) is 2.66. The van der Waals surface area contributed by atoms with Gasteiger partial charge in [-0.15, -0.1) is 11.6 Å². The molecule has 0 bridgehead atoms. The number of nitrogens with zero attached hydrogens (tertiary/aromatic N) is 1. The van der Waals surface area contributed by atoms with Crippen molar-refractivity contribution in [2.45, 2.75) is 19.9 Å². The number of methoxy groups -OCH3 is 1. The Morgan fingerprint density at radius 1 is 1.38 bits per heavy atom. The van der Waals surface area contributed by atoms with Crippen LogP contribution in [0.2, 0.25) is 0 Å². The molecule has 1 aromatic carbocycles. The lowest BCUT2D eigenvalue weighted by molar-refractivity contribution is 0.334. The SMILES string of the molecule is CCc1ccc(OC)c(CN(C)CCCl)c1. The first-order valence-electron chi connectivity index (χ1n) is 5.61. The minimum absolute atomic E-state index is 0.659. The summed E-state index contributed by atoms with van der Waals surface area (Å²) in [6, 6.07) is 6.37. The van der Waals surface area contributed by atoms with E-state index in [0.717, 1.165) is 25.3 Å². The van der Waals surface area contributed by atoms with Crippen LogP contribution in [0.25, 0.3) is 0 Å². The smallest absolute Gasteiger partial charge is 0.123 e. The lowest BCUT2D eigenvalue weighted by Gasteiger charge is -2.17. The van der Waals surface area contributed by atoms with E-state index in [1.54, 1.807) is 7.11 Å². The second-order valence-electron chi connectivity index (χ2n) is 3.93. The van der Waals surface area contributed by atoms with Gasteiger partial charge in [-0.1, -0.05) is 19.1 Å². The van der Waals surface area contributed by atoms with Crippen molar-refractivity contribution in [1.82, 2.24) is 4.90 Å². The Hall–Kier alpha value is -0.730. The number of hydrogen-bond acceptors (Lipinski definition) is 2. The third kappa shape index (κ3) is 3.69. The van der Waals surface area contributed by atoms with Crippen LogP contribution in [0.4, 0.5) is 0 Å². The zero-order valence-corrected chi connectivity index (χ0v) is 11.0. The third-order valence-corrected chi connectivity index (χ3v) is 2.83. The molecule has 0 spiro atoms. The molecule has 0 heterocycles. The van der Waals surface area contributed by atoms with Gasteiger partial charge in [0.05, 0.1) is 7.11 Å². The number of halogens is 1. The van der Waals surface area contributed by atoms with Crippen LogP contribution in [0, 0.1) is 0 Å². The highest BCUT2D eigenvalue weighted by Crippen LogP contribution is 2.21. The van der Waals surface area contributed by atoms with E-state index in [1.807, 2.05) is 6.07 Å². The van der Waals surface area contributed by atoms with Crippen molar-refractivity contribution >= 4 is 11.6 Å². The molecule has 0 saturated carbocycles. The van der Waals surface area contributed by atoms with E-state index in [0.29, 0.717) is 5.88 Å². The molecule has 3 heteroatoms. The maximum atomic E-state index is 5.72. The van der Waals surface area contributed by atoms with Crippen LogP contribution in [-0.2, 0) is 13.0 Å². The molecule has 0 aromatic heterocycles. The van der Waals surface area contributed by atoms with Gasteiger partial charge in [0, 0.05) is 24.5 Å². The Balaban J connectivity index is 2.82. The predicted molar refractivity (Wildman–Crippen MR) is 69.4 cm³/mol. The van der Waals surface area contributed by atoms with Crippen molar-refractivity contribution in [3.63, 3.8) is 0 Å². The van der Waals surface area contributed by atoms with Gasteiger partial charge in [0.25, 0.3) is 0 Å². The number of benzene rings is 1. The molecule has 0 aliphatic rings. The van der Waals surface area contributed by atoms with Crippen LogP contribution in [0.15, 0.2) is 18.2 Å². The van der Waals surface area contributed by atoms with Crippen molar-refractivity contribution in [1.29, 1.82) is 0 Å². The number of rotatable bonds is 6. The van der Waals surface area contributed by atoms with E-state index in [2.05, 4.69) is 31.0 Å². The summed E-state index contributed by atoms with van der Waals surface area (Å²) in [4.78, 5) is 2.20. The molecule has 0 N–H and O–H groups in total. The van der Waals surface area contributed by atoms with Gasteiger partial charge in [-0.05, 0) is 25.1 Å². The Labute approximate surface area is 103 Å². The van der Waals surface area contributed by atoms with E-state index in [-0.39, 0.29) is 0 Å². The van der Waals surface area contributed by atoms with Gasteiger partial charge in [0.15, 0.2) is 0 Å². The first-order valence-corrected chi connectivity index (χ1v) is 6.15. The van der Waals surface area contributed by atoms with E-state index in [4.69, 9.17) is 16.3 Å². The van der Waals surface area contributed by atoms with Crippen LogP contribution >= 0.6 is 11.6 Å². The molecule has 0 atom stereocenters. The molecule has 1 aromatic rings. The normalized spacial score (nSPS) is 10.8. The molecule has 0 radical (unpaired) electrons. The number of aryl methyl sites for hydroxylation is 1. The van der Waals surface area contributed by atoms with Crippen molar-refractivity contribution < 1.29 is 4.74 Å². The van der Waals surface area contributed by atoms with Crippen molar-refractivity contribution in [2.24, 2.45) is 0 Å². The molecule has 90 valence electrons. The molecule has 0 aliphatic heterocycles. The first kappa shape index (κ1) is 13.3. The summed E-state index contributed by atoms with van der Waals surface area (Å²) in [5.41, 5.74) is 2.57. The summed E-state index contributed by atoms with van der Waals surface area (Å²) in [7, 11) is 3.78. The summed E-state index contributed by atoms with van der Waals surface area (Å²) < 4.78 is 5.36. The maximum absolute atomic E-state index is 5.72. The fraction of sp³-hybridized carbons (Fsp3) is 0.538. The molecule has 1 rings (SSSR count). The second-order valence-corrected chi connectivity index (χ2v) is 4.30. The van der Waals surface area contributed by atoms with Crippen LogP contribution in [0.1, 0.15) is 18.1 Å². The first-order chi connectivity index (χ1) is 7.71. The quantitative estimate of drug-likeness (QED) is 0.710. The van der Waals surface area contributed by atoms with Crippen LogP contribution < -0.4 is 4.74 Å². The van der Waals surface area contributed by atoms with Gasteiger partial charge >= 0.3 is 0 Å². The summed E-state index contributed by atoms with van der Waals surface area (Å²) in [6.45, 7) is 3.93. The summed E-state index contributed by atoms with van der Waals surface area (Å²) >= 11 is 5.72. The zero-order valence-electron chi connectivity index (χ0n) is 10.3. The topological polar surface area (TPSA) is 12.5 Å². The van der Waals surface area contributed by atoms with E-state index >= 15 is 0 Å². The highest BCUT2D eigenvalue weighted by atomic mass is 35.5. The van der Waals surface area contributed by atoms with Crippen molar-refractivity contribution in [2.75, 3.05) is 26.6 Å². The fourth-order valence-corrected chi connectivity index (χ4v) is 1.98. The molecule has 0 unspecified atom stereocenters. The highest BCUT2D eigenvalue weighted by Gasteiger charge is 2.06. The average molecular weight is 242 g/mol. The predicted octanol–water partition coefficient (Wildman–Crippen LogP) is 2.93. The number of alkyl halides is 1. The zero-order chi connectivity index (χ0) is 12.0. The molecular weight excluding hydrogens is 222 g/mol. The van der Waals surface area contributed by atoms with Gasteiger partial charge in [-0.2, -0.15) is 0 Å². The monoisotopic (exact) mass is 241 g/mol. The second kappa shape index (κ2) is 6.77. The maximum Gasteiger partial charge on any atom is 0.123 e. The summed E-state index contributed by atoms with van der Waals surface area (Å²) in [5, 5.41) is 0. The Bertz CT molecular complexity index is 328. The molecular formula is C13H20ClNO. The molecule has 0 saturated heterocycles. The molecule has 0 fully saturated rings. The van der Waals surface area contributed by atoms with Crippen LogP contribution in [0.3, 0.4) is 0 Å². The standard InChI is InChI=1S/C13H20ClNO/c1-4-11-5-6-13(16-3)12(9-11)10-15(2)8-7-14/h5-6,9H,4,7-8,10H2,1-3H3. The van der Waals surface area contributed by atoms with Gasteiger partial charge in [-0.25, -0.2) is 0 Å². The van der Waals surface area contributed by atoms with Gasteiger partial charge in [0.2, 0.25) is 0 Å². The molecule has 0 aliphatic carbocycles.